The van der Waals surface area contributed by atoms with Crippen molar-refractivity contribution in [3.05, 3.63) is 35.4 Å². The molecule has 0 radical (unpaired) electrons. The molecule has 0 atom stereocenters. The molecule has 4 heteroatoms. The van der Waals surface area contributed by atoms with Gasteiger partial charge in [0, 0.05) is 6.20 Å². The van der Waals surface area contributed by atoms with E-state index >= 15 is 0 Å². The summed E-state index contributed by atoms with van der Waals surface area (Å²) in [5, 5.41) is 0.228. The van der Waals surface area contributed by atoms with E-state index in [2.05, 4.69) is 9.97 Å². The van der Waals surface area contributed by atoms with Crippen LogP contribution in [-0.4, -0.2) is 9.97 Å². The minimum atomic E-state index is 0.228. The van der Waals surface area contributed by atoms with Gasteiger partial charge in [-0.2, -0.15) is 0 Å². The van der Waals surface area contributed by atoms with Gasteiger partial charge in [-0.3, -0.25) is 0 Å². The first kappa shape index (κ1) is 8.26. The highest BCUT2D eigenvalue weighted by atomic mass is 35.5. The minimum Gasteiger partial charge on any atom is -0.460 e. The number of aryl methyl sites for hydroxylation is 1. The summed E-state index contributed by atoms with van der Waals surface area (Å²) in [7, 11) is 0. The fourth-order valence-corrected chi connectivity index (χ4v) is 1.19. The first-order valence-electron chi connectivity index (χ1n) is 3.81. The van der Waals surface area contributed by atoms with Crippen molar-refractivity contribution in [2.45, 2.75) is 6.92 Å². The number of hydrogen-bond donors (Lipinski definition) is 0. The molecule has 0 unspecified atom stereocenters. The molecule has 0 bridgehead atoms. The number of furan rings is 1. The zero-order valence-corrected chi connectivity index (χ0v) is 7.75. The van der Waals surface area contributed by atoms with E-state index < -0.39 is 0 Å². The van der Waals surface area contributed by atoms with Crippen LogP contribution in [0.25, 0.3) is 11.5 Å². The van der Waals surface area contributed by atoms with Crippen LogP contribution in [0.15, 0.2) is 28.8 Å². The molecule has 2 aromatic rings. The first-order valence-corrected chi connectivity index (χ1v) is 4.19. The van der Waals surface area contributed by atoms with E-state index in [1.165, 1.54) is 0 Å². The summed E-state index contributed by atoms with van der Waals surface area (Å²) in [6.45, 7) is 1.88. The molecule has 0 N–H and O–H groups in total. The molecule has 0 spiro atoms. The third kappa shape index (κ3) is 1.70. The van der Waals surface area contributed by atoms with E-state index in [0.717, 1.165) is 5.76 Å². The molecule has 0 aliphatic carbocycles. The van der Waals surface area contributed by atoms with Crippen LogP contribution in [0.2, 0.25) is 5.28 Å². The highest BCUT2D eigenvalue weighted by molar-refractivity contribution is 6.28. The van der Waals surface area contributed by atoms with Gasteiger partial charge in [0.25, 0.3) is 0 Å². The van der Waals surface area contributed by atoms with Crippen molar-refractivity contribution in [1.82, 2.24) is 9.97 Å². The number of aromatic nitrogens is 2. The van der Waals surface area contributed by atoms with Crippen molar-refractivity contribution in [3.63, 3.8) is 0 Å². The molecule has 13 heavy (non-hydrogen) atoms. The maximum Gasteiger partial charge on any atom is 0.222 e. The van der Waals surface area contributed by atoms with Crippen LogP contribution in [0.3, 0.4) is 0 Å². The quantitative estimate of drug-likeness (QED) is 0.656. The van der Waals surface area contributed by atoms with E-state index in [1.807, 2.05) is 19.1 Å². The average molecular weight is 195 g/mol. The third-order valence-corrected chi connectivity index (χ3v) is 1.80. The molecule has 2 rings (SSSR count). The second kappa shape index (κ2) is 3.18. The second-order valence-electron chi connectivity index (χ2n) is 2.62. The zero-order chi connectivity index (χ0) is 9.26. The van der Waals surface area contributed by atoms with Gasteiger partial charge in [0.05, 0.1) is 0 Å². The van der Waals surface area contributed by atoms with Crippen molar-refractivity contribution in [3.8, 4) is 11.5 Å². The summed E-state index contributed by atoms with van der Waals surface area (Å²) < 4.78 is 5.38. The zero-order valence-electron chi connectivity index (χ0n) is 6.99. The van der Waals surface area contributed by atoms with Gasteiger partial charge < -0.3 is 4.42 Å². The van der Waals surface area contributed by atoms with Gasteiger partial charge in [-0.25, -0.2) is 9.97 Å². The molecule has 66 valence electrons. The standard InChI is InChI=1S/C9H7ClN2O/c1-6-2-3-8(13-6)7-4-5-11-9(10)12-7/h2-5H,1H3. The first-order chi connectivity index (χ1) is 6.25. The summed E-state index contributed by atoms with van der Waals surface area (Å²) >= 11 is 5.64. The van der Waals surface area contributed by atoms with E-state index in [-0.39, 0.29) is 5.28 Å². The molecular weight excluding hydrogens is 188 g/mol. The summed E-state index contributed by atoms with van der Waals surface area (Å²) in [5.74, 6) is 1.56. The van der Waals surface area contributed by atoms with Crippen LogP contribution in [0.5, 0.6) is 0 Å². The molecule has 0 fully saturated rings. The Morgan fingerprint density at radius 2 is 2.15 bits per heavy atom. The van der Waals surface area contributed by atoms with Crippen molar-refractivity contribution < 1.29 is 4.42 Å². The van der Waals surface area contributed by atoms with Crippen LogP contribution in [-0.2, 0) is 0 Å². The second-order valence-corrected chi connectivity index (χ2v) is 2.96. The van der Waals surface area contributed by atoms with Gasteiger partial charge >= 0.3 is 0 Å². The highest BCUT2D eigenvalue weighted by Crippen LogP contribution is 2.19. The molecule has 2 heterocycles. The molecule has 0 saturated heterocycles. The van der Waals surface area contributed by atoms with E-state index in [1.54, 1.807) is 12.3 Å². The molecular formula is C9H7ClN2O. The maximum absolute atomic E-state index is 5.64. The van der Waals surface area contributed by atoms with Gasteiger partial charge in [-0.15, -0.1) is 0 Å². The van der Waals surface area contributed by atoms with Gasteiger partial charge in [0.1, 0.15) is 11.5 Å². The van der Waals surface area contributed by atoms with E-state index in [4.69, 9.17) is 16.0 Å². The number of nitrogens with zero attached hydrogens (tertiary/aromatic N) is 2. The lowest BCUT2D eigenvalue weighted by atomic mass is 10.3. The SMILES string of the molecule is Cc1ccc(-c2ccnc(Cl)n2)o1. The van der Waals surface area contributed by atoms with Crippen LogP contribution < -0.4 is 0 Å². The molecule has 3 nitrogen and oxygen atoms in total. The van der Waals surface area contributed by atoms with Crippen LogP contribution >= 0.6 is 11.6 Å². The number of halogens is 1. The molecule has 0 aliphatic heterocycles. The topological polar surface area (TPSA) is 38.9 Å². The molecule has 0 aromatic carbocycles. The fourth-order valence-electron chi connectivity index (χ4n) is 1.04. The summed E-state index contributed by atoms with van der Waals surface area (Å²) in [6.07, 6.45) is 1.60. The van der Waals surface area contributed by atoms with E-state index in [0.29, 0.717) is 11.5 Å². The molecule has 0 saturated carbocycles. The number of hydrogen-bond acceptors (Lipinski definition) is 3. The highest BCUT2D eigenvalue weighted by Gasteiger charge is 2.04. The summed E-state index contributed by atoms with van der Waals surface area (Å²) in [6, 6.07) is 5.49. The summed E-state index contributed by atoms with van der Waals surface area (Å²) in [4.78, 5) is 7.80. The summed E-state index contributed by atoms with van der Waals surface area (Å²) in [5.41, 5.74) is 0.702. The Morgan fingerprint density at radius 1 is 1.31 bits per heavy atom. The number of rotatable bonds is 1. The van der Waals surface area contributed by atoms with E-state index in [9.17, 15) is 0 Å². The normalized spacial score (nSPS) is 10.3. The largest absolute Gasteiger partial charge is 0.460 e. The van der Waals surface area contributed by atoms with Gasteiger partial charge in [-0.1, -0.05) is 0 Å². The van der Waals surface area contributed by atoms with Crippen LogP contribution in [0, 0.1) is 6.92 Å². The third-order valence-electron chi connectivity index (χ3n) is 1.62. The molecule has 2 aromatic heterocycles. The smallest absolute Gasteiger partial charge is 0.222 e. The molecule has 0 amide bonds. The van der Waals surface area contributed by atoms with Crippen molar-refractivity contribution in [2.75, 3.05) is 0 Å². The van der Waals surface area contributed by atoms with Crippen molar-refractivity contribution in [1.29, 1.82) is 0 Å². The Labute approximate surface area is 80.4 Å². The predicted molar refractivity (Wildman–Crippen MR) is 49.5 cm³/mol. The molecule has 0 aliphatic rings. The van der Waals surface area contributed by atoms with Crippen LogP contribution in [0.1, 0.15) is 5.76 Å². The van der Waals surface area contributed by atoms with Gasteiger partial charge in [-0.05, 0) is 36.7 Å². The average Bonchev–Trinajstić information content (AvgIpc) is 2.52. The maximum atomic E-state index is 5.64. The Balaban J connectivity index is 2.46. The fraction of sp³-hybridized carbons (Fsp3) is 0.111. The minimum absolute atomic E-state index is 0.228. The Kier molecular flexibility index (Phi) is 2.02. The van der Waals surface area contributed by atoms with Gasteiger partial charge in [0.15, 0.2) is 5.76 Å². The lowest BCUT2D eigenvalue weighted by Gasteiger charge is -1.94. The Hall–Kier alpha value is -1.35. The monoisotopic (exact) mass is 194 g/mol. The lowest BCUT2D eigenvalue weighted by Crippen LogP contribution is -1.84. The Bertz CT molecular complexity index is 425. The van der Waals surface area contributed by atoms with Crippen molar-refractivity contribution >= 4 is 11.6 Å². The predicted octanol–water partition coefficient (Wildman–Crippen LogP) is 2.70. The Morgan fingerprint density at radius 3 is 2.77 bits per heavy atom. The van der Waals surface area contributed by atoms with Gasteiger partial charge in [0.2, 0.25) is 5.28 Å². The van der Waals surface area contributed by atoms with Crippen molar-refractivity contribution in [2.24, 2.45) is 0 Å². The lowest BCUT2D eigenvalue weighted by molar-refractivity contribution is 0.546. The van der Waals surface area contributed by atoms with Crippen LogP contribution in [0.4, 0.5) is 0 Å².